The average Bonchev–Trinajstić information content (AvgIpc) is 2.15. The van der Waals surface area contributed by atoms with Crippen LogP contribution in [0.25, 0.3) is 0 Å². The monoisotopic (exact) mass is 221 g/mol. The molecule has 0 fully saturated rings. The number of hydrogen-bond donors (Lipinski definition) is 0. The summed E-state index contributed by atoms with van der Waals surface area (Å²) in [5, 5.41) is 0.875. The molecule has 88 valence electrons. The van der Waals surface area contributed by atoms with Crippen LogP contribution in [0.15, 0.2) is 18.2 Å². The third kappa shape index (κ3) is 2.55. The predicted molar refractivity (Wildman–Crippen MR) is 66.4 cm³/mol. The van der Waals surface area contributed by atoms with E-state index in [4.69, 9.17) is 0 Å². The summed E-state index contributed by atoms with van der Waals surface area (Å²) in [7, 11) is 0. The number of aryl methyl sites for hydroxylation is 1. The van der Waals surface area contributed by atoms with Crippen LogP contribution in [0.2, 0.25) is 0 Å². The molecule has 1 aliphatic rings. The van der Waals surface area contributed by atoms with Gasteiger partial charge in [0.15, 0.2) is 0 Å². The first-order chi connectivity index (χ1) is 7.46. The molecule has 1 aromatic rings. The lowest BCUT2D eigenvalue weighted by Crippen LogP contribution is -2.21. The van der Waals surface area contributed by atoms with Gasteiger partial charge < -0.3 is 0 Å². The maximum Gasteiger partial charge on any atom is 0.0719 e. The maximum absolute atomic E-state index is 13.5. The van der Waals surface area contributed by atoms with Crippen molar-refractivity contribution in [2.45, 2.75) is 40.0 Å². The smallest absolute Gasteiger partial charge is 0.0719 e. The molecule has 1 nitrogen and oxygen atoms in total. The van der Waals surface area contributed by atoms with Crippen LogP contribution in [-0.2, 0) is 12.8 Å². The fraction of sp³-hybridized carbons (Fsp3) is 0.571. The van der Waals surface area contributed by atoms with Gasteiger partial charge in [-0.15, -0.1) is 0 Å². The molecule has 16 heavy (non-hydrogen) atoms. The summed E-state index contributed by atoms with van der Waals surface area (Å²) < 4.78 is 13.5. The molecule has 2 heteroatoms. The topological polar surface area (TPSA) is 3.24 Å². The Bertz CT molecular complexity index is 379. The molecule has 0 aromatic heterocycles. The van der Waals surface area contributed by atoms with Gasteiger partial charge in [-0.1, -0.05) is 37.4 Å². The summed E-state index contributed by atoms with van der Waals surface area (Å²) in [6.45, 7) is 7.22. The Morgan fingerprint density at radius 2 is 2.06 bits per heavy atom. The Balaban J connectivity index is 2.25. The van der Waals surface area contributed by atoms with Gasteiger partial charge in [-0.05, 0) is 41.9 Å². The zero-order chi connectivity index (χ0) is 11.8. The molecule has 1 aliphatic heterocycles. The van der Waals surface area contributed by atoms with Gasteiger partial charge in [0.2, 0.25) is 0 Å². The summed E-state index contributed by atoms with van der Waals surface area (Å²) in [4.78, 5) is 0. The summed E-state index contributed by atoms with van der Waals surface area (Å²) in [5.41, 5.74) is 3.54. The van der Waals surface area contributed by atoms with Gasteiger partial charge in [-0.3, -0.25) is 0 Å². The first-order valence-electron chi connectivity index (χ1n) is 6.01. The van der Waals surface area contributed by atoms with E-state index in [1.54, 1.807) is 0 Å². The summed E-state index contributed by atoms with van der Waals surface area (Å²) in [6.07, 6.45) is 2.97. The van der Waals surface area contributed by atoms with Crippen molar-refractivity contribution in [2.75, 3.05) is 11.7 Å². The van der Waals surface area contributed by atoms with E-state index in [1.807, 2.05) is 6.07 Å². The molecule has 0 unspecified atom stereocenters. The molecule has 0 saturated heterocycles. The van der Waals surface area contributed by atoms with Crippen molar-refractivity contribution in [2.24, 2.45) is 5.41 Å². The molecule has 0 bridgehead atoms. The van der Waals surface area contributed by atoms with Crippen molar-refractivity contribution in [3.8, 4) is 0 Å². The van der Waals surface area contributed by atoms with Gasteiger partial charge in [-0.2, -0.15) is 0 Å². The van der Waals surface area contributed by atoms with Gasteiger partial charge in [0.05, 0.1) is 12.2 Å². The summed E-state index contributed by atoms with van der Waals surface area (Å²) >= 11 is 0. The maximum atomic E-state index is 13.5. The van der Waals surface area contributed by atoms with Crippen LogP contribution in [-0.4, -0.2) is 6.54 Å². The standard InChI is InChI=1S/C14H20FN/c1-14(2,3)10-11-6-7-13-12(9-11)5-4-8-16(13)15/h6-7,9H,4-5,8,10H2,1-3H3. The van der Waals surface area contributed by atoms with Crippen molar-refractivity contribution >= 4 is 5.69 Å². The average molecular weight is 221 g/mol. The number of fused-ring (bicyclic) bond motifs is 1. The van der Waals surface area contributed by atoms with E-state index in [-0.39, 0.29) is 5.41 Å². The Morgan fingerprint density at radius 3 is 2.75 bits per heavy atom. The van der Waals surface area contributed by atoms with Gasteiger partial charge in [0.25, 0.3) is 0 Å². The molecule has 0 radical (unpaired) electrons. The molecule has 0 N–H and O–H groups in total. The van der Waals surface area contributed by atoms with Crippen molar-refractivity contribution in [3.63, 3.8) is 0 Å². The number of halogens is 1. The molecule has 1 aromatic carbocycles. The van der Waals surface area contributed by atoms with Crippen LogP contribution < -0.4 is 5.12 Å². The van der Waals surface area contributed by atoms with E-state index < -0.39 is 0 Å². The Hall–Kier alpha value is -1.05. The third-order valence-electron chi connectivity index (χ3n) is 2.94. The fourth-order valence-corrected chi connectivity index (χ4v) is 2.33. The van der Waals surface area contributed by atoms with Crippen molar-refractivity contribution in [3.05, 3.63) is 29.3 Å². The van der Waals surface area contributed by atoms with Crippen molar-refractivity contribution in [1.82, 2.24) is 0 Å². The molecule has 1 heterocycles. The van der Waals surface area contributed by atoms with E-state index >= 15 is 0 Å². The molecule has 0 spiro atoms. The van der Waals surface area contributed by atoms with Gasteiger partial charge in [0.1, 0.15) is 0 Å². The summed E-state index contributed by atoms with van der Waals surface area (Å²) in [6, 6.07) is 6.16. The highest BCUT2D eigenvalue weighted by Gasteiger charge is 2.18. The third-order valence-corrected chi connectivity index (χ3v) is 2.94. The molecule has 0 saturated carbocycles. The Morgan fingerprint density at radius 1 is 1.31 bits per heavy atom. The summed E-state index contributed by atoms with van der Waals surface area (Å²) in [5.74, 6) is 0. The van der Waals surface area contributed by atoms with Gasteiger partial charge >= 0.3 is 0 Å². The number of nitrogens with zero attached hydrogens (tertiary/aromatic N) is 1. The van der Waals surface area contributed by atoms with Crippen LogP contribution in [0.1, 0.15) is 38.3 Å². The lowest BCUT2D eigenvalue weighted by Gasteiger charge is -2.25. The Kier molecular flexibility index (Phi) is 2.92. The van der Waals surface area contributed by atoms with E-state index in [9.17, 15) is 4.48 Å². The number of anilines is 1. The SMILES string of the molecule is CC(C)(C)Cc1ccc2c(c1)CCCN2F. The van der Waals surface area contributed by atoms with E-state index in [0.29, 0.717) is 6.54 Å². The van der Waals surface area contributed by atoms with Gasteiger partial charge in [0, 0.05) is 0 Å². The first kappa shape index (κ1) is 11.4. The minimum Gasteiger partial charge on any atom is -0.212 e. The predicted octanol–water partition coefficient (Wildman–Crippen LogP) is 3.91. The molecule has 0 atom stereocenters. The number of rotatable bonds is 1. The Labute approximate surface area is 97.2 Å². The van der Waals surface area contributed by atoms with Crippen LogP contribution in [0.5, 0.6) is 0 Å². The highest BCUT2D eigenvalue weighted by atomic mass is 19.2. The van der Waals surface area contributed by atoms with Crippen LogP contribution in [0.4, 0.5) is 10.2 Å². The van der Waals surface area contributed by atoms with Gasteiger partial charge in [-0.25, -0.2) is 5.12 Å². The largest absolute Gasteiger partial charge is 0.212 e. The van der Waals surface area contributed by atoms with Crippen LogP contribution >= 0.6 is 0 Å². The molecule has 0 amide bonds. The fourth-order valence-electron chi connectivity index (χ4n) is 2.33. The lowest BCUT2D eigenvalue weighted by atomic mass is 9.87. The second-order valence-corrected chi connectivity index (χ2v) is 5.89. The van der Waals surface area contributed by atoms with Crippen LogP contribution in [0.3, 0.4) is 0 Å². The minimum atomic E-state index is 0.290. The second kappa shape index (κ2) is 4.08. The number of benzene rings is 1. The van der Waals surface area contributed by atoms with Crippen molar-refractivity contribution in [1.29, 1.82) is 0 Å². The van der Waals surface area contributed by atoms with E-state index in [2.05, 4.69) is 32.9 Å². The quantitative estimate of drug-likeness (QED) is 0.650. The van der Waals surface area contributed by atoms with E-state index in [0.717, 1.165) is 35.6 Å². The molecule has 2 rings (SSSR count). The zero-order valence-electron chi connectivity index (χ0n) is 10.4. The molecular formula is C14H20FN. The normalized spacial score (nSPS) is 16.1. The van der Waals surface area contributed by atoms with E-state index in [1.165, 1.54) is 5.56 Å². The highest BCUT2D eigenvalue weighted by molar-refractivity contribution is 5.54. The zero-order valence-corrected chi connectivity index (χ0v) is 10.4. The van der Waals surface area contributed by atoms with Crippen molar-refractivity contribution < 1.29 is 4.48 Å². The number of hydrogen-bond acceptors (Lipinski definition) is 1. The highest BCUT2D eigenvalue weighted by Crippen LogP contribution is 2.30. The molecular weight excluding hydrogens is 201 g/mol. The second-order valence-electron chi connectivity index (χ2n) is 5.89. The first-order valence-corrected chi connectivity index (χ1v) is 6.01. The van der Waals surface area contributed by atoms with Crippen LogP contribution in [0, 0.1) is 5.41 Å². The molecule has 0 aliphatic carbocycles. The minimum absolute atomic E-state index is 0.290. The lowest BCUT2D eigenvalue weighted by molar-refractivity contribution is 0.407.